The summed E-state index contributed by atoms with van der Waals surface area (Å²) in [6.45, 7) is 0. The van der Waals surface area contributed by atoms with Crippen molar-refractivity contribution >= 4 is 29.8 Å². The third kappa shape index (κ3) is 4.67. The lowest BCUT2D eigenvalue weighted by molar-refractivity contribution is 0.458. The molecule has 0 N–H and O–H groups in total. The molecule has 6 nitrogen and oxygen atoms in total. The van der Waals surface area contributed by atoms with E-state index >= 15 is 0 Å². The van der Waals surface area contributed by atoms with Crippen molar-refractivity contribution in [1.29, 1.82) is 0 Å². The van der Waals surface area contributed by atoms with Crippen LogP contribution in [0.5, 0.6) is 11.5 Å². The fourth-order valence-corrected chi connectivity index (χ4v) is 2.11. The molecule has 2 aromatic rings. The Morgan fingerprint density at radius 2 is 1.05 bits per heavy atom. The summed E-state index contributed by atoms with van der Waals surface area (Å²) in [7, 11) is 1.06. The van der Waals surface area contributed by atoms with Crippen molar-refractivity contribution in [3.05, 3.63) is 48.5 Å². The summed E-state index contributed by atoms with van der Waals surface area (Å²) in [6, 6.07) is 11.5. The van der Waals surface area contributed by atoms with Crippen LogP contribution >= 0.6 is 0 Å². The molecule has 9 heteroatoms. The molecule has 0 aliphatic heterocycles. The van der Waals surface area contributed by atoms with Crippen molar-refractivity contribution in [3.63, 3.8) is 0 Å². The molecule has 109 valence electrons. The van der Waals surface area contributed by atoms with E-state index in [0.29, 0.717) is 11.5 Å². The topological polar surface area (TPSA) is 98.7 Å². The van der Waals surface area contributed by atoms with E-state index in [9.17, 15) is 17.5 Å². The third-order valence-electron chi connectivity index (χ3n) is 2.40. The Balaban J connectivity index is 1.86. The minimum Gasteiger partial charge on any atom is -0.768 e. The van der Waals surface area contributed by atoms with Gasteiger partial charge in [-0.1, -0.05) is 0 Å². The van der Waals surface area contributed by atoms with E-state index in [1.807, 2.05) is 0 Å². The van der Waals surface area contributed by atoms with Gasteiger partial charge in [0.25, 0.3) is 0 Å². The zero-order valence-corrected chi connectivity index (χ0v) is 12.1. The van der Waals surface area contributed by atoms with Crippen LogP contribution in [-0.4, -0.2) is 25.2 Å². The Bertz CT molecular complexity index is 586. The van der Waals surface area contributed by atoms with E-state index in [-0.39, 0.29) is 9.79 Å². The largest absolute Gasteiger partial charge is 0.768 e. The van der Waals surface area contributed by atoms with Gasteiger partial charge in [-0.2, -0.15) is 0 Å². The van der Waals surface area contributed by atoms with Gasteiger partial charge in [0.2, 0.25) is 0 Å². The first-order valence-electron chi connectivity index (χ1n) is 5.60. The monoisotopic (exact) mass is 323 g/mol. The van der Waals surface area contributed by atoms with Gasteiger partial charge in [0.05, 0.1) is 0 Å². The van der Waals surface area contributed by atoms with Gasteiger partial charge in [0.15, 0.2) is 0 Å². The number of rotatable bonds is 6. The van der Waals surface area contributed by atoms with Crippen LogP contribution < -0.4 is 9.31 Å². The molecule has 21 heavy (non-hydrogen) atoms. The summed E-state index contributed by atoms with van der Waals surface area (Å²) in [4.78, 5) is 0.314. The average Bonchev–Trinajstić information content (AvgIpc) is 2.48. The normalized spacial score (nSPS) is 13.2. The maximum absolute atomic E-state index is 10.7. The molecule has 2 atom stereocenters. The molecule has 0 bridgehead atoms. The molecule has 2 rings (SSSR count). The van der Waals surface area contributed by atoms with Crippen molar-refractivity contribution in [1.82, 2.24) is 0 Å². The van der Waals surface area contributed by atoms with Gasteiger partial charge in [-0.05, 0) is 70.7 Å². The highest BCUT2D eigenvalue weighted by atomic mass is 32.2. The Labute approximate surface area is 127 Å². The number of hydrogen-bond acceptors (Lipinski definition) is 6. The Kier molecular flexibility index (Phi) is 5.51. The molecular formula is C12H8BO6S2-2. The van der Waals surface area contributed by atoms with Gasteiger partial charge in [0.1, 0.15) is 11.5 Å². The molecule has 0 fully saturated rings. The zero-order chi connectivity index (χ0) is 15.2. The lowest BCUT2D eigenvalue weighted by Crippen LogP contribution is -2.10. The van der Waals surface area contributed by atoms with Crippen LogP contribution in [0.25, 0.3) is 0 Å². The summed E-state index contributed by atoms with van der Waals surface area (Å²) in [5.74, 6) is 0.808. The van der Waals surface area contributed by atoms with Gasteiger partial charge in [-0.3, -0.25) is 8.42 Å². The van der Waals surface area contributed by atoms with E-state index in [1.54, 1.807) is 0 Å². The van der Waals surface area contributed by atoms with E-state index < -0.39 is 22.2 Å². The van der Waals surface area contributed by atoms with Gasteiger partial charge in [0, 0.05) is 9.79 Å². The molecular weight excluding hydrogens is 315 g/mol. The predicted octanol–water partition coefficient (Wildman–Crippen LogP) is 1.15. The van der Waals surface area contributed by atoms with Crippen LogP contribution in [0.15, 0.2) is 58.3 Å². The maximum atomic E-state index is 10.7. The lowest BCUT2D eigenvalue weighted by atomic mass is 10.3. The van der Waals surface area contributed by atoms with E-state index in [4.69, 9.17) is 9.31 Å². The quantitative estimate of drug-likeness (QED) is 0.584. The minimum absolute atomic E-state index is 0.157. The first kappa shape index (κ1) is 15.7. The smallest absolute Gasteiger partial charge is 0.658 e. The molecule has 0 spiro atoms. The third-order valence-corrected chi connectivity index (χ3v) is 3.71. The van der Waals surface area contributed by atoms with Crippen molar-refractivity contribution in [2.24, 2.45) is 0 Å². The van der Waals surface area contributed by atoms with Crippen molar-refractivity contribution < 1.29 is 26.8 Å². The van der Waals surface area contributed by atoms with Crippen LogP contribution in [0, 0.1) is 0 Å². The van der Waals surface area contributed by atoms with Crippen LogP contribution in [0.2, 0.25) is 0 Å². The van der Waals surface area contributed by atoms with Crippen molar-refractivity contribution in [2.75, 3.05) is 0 Å². The molecule has 0 aliphatic rings. The van der Waals surface area contributed by atoms with Crippen LogP contribution in [0.3, 0.4) is 0 Å². The Hall–Kier alpha value is -1.68. The number of benzene rings is 2. The molecule has 0 saturated heterocycles. The molecule has 1 radical (unpaired) electrons. The minimum atomic E-state index is -2.28. The van der Waals surface area contributed by atoms with Gasteiger partial charge < -0.3 is 18.4 Å². The molecule has 0 heterocycles. The summed E-state index contributed by atoms with van der Waals surface area (Å²) in [5, 5.41) is 0. The fraction of sp³-hybridized carbons (Fsp3) is 0. The first-order chi connectivity index (χ1) is 10.1. The zero-order valence-electron chi connectivity index (χ0n) is 10.5. The molecule has 0 amide bonds. The average molecular weight is 323 g/mol. The van der Waals surface area contributed by atoms with Gasteiger partial charge >= 0.3 is 7.69 Å². The van der Waals surface area contributed by atoms with Crippen LogP contribution in [0.1, 0.15) is 0 Å². The van der Waals surface area contributed by atoms with E-state index in [0.717, 1.165) is 7.69 Å². The van der Waals surface area contributed by atoms with Gasteiger partial charge in [-0.25, -0.2) is 0 Å². The molecule has 0 aromatic heterocycles. The second-order valence-corrected chi connectivity index (χ2v) is 5.63. The maximum Gasteiger partial charge on any atom is 0.658 e. The predicted molar refractivity (Wildman–Crippen MR) is 74.3 cm³/mol. The van der Waals surface area contributed by atoms with Crippen LogP contribution in [0.4, 0.5) is 0 Å². The highest BCUT2D eigenvalue weighted by molar-refractivity contribution is 7.79. The Morgan fingerprint density at radius 3 is 1.33 bits per heavy atom. The highest BCUT2D eigenvalue weighted by Gasteiger charge is 2.02. The summed E-state index contributed by atoms with van der Waals surface area (Å²) in [6.07, 6.45) is 0. The highest BCUT2D eigenvalue weighted by Crippen LogP contribution is 2.16. The van der Waals surface area contributed by atoms with E-state index in [2.05, 4.69) is 0 Å². The molecule has 2 aromatic carbocycles. The number of hydrogen-bond donors (Lipinski definition) is 0. The van der Waals surface area contributed by atoms with E-state index in [1.165, 1.54) is 48.5 Å². The molecule has 0 aliphatic carbocycles. The molecule has 0 saturated carbocycles. The van der Waals surface area contributed by atoms with Crippen LogP contribution in [-0.2, 0) is 22.2 Å². The van der Waals surface area contributed by atoms with Gasteiger partial charge in [-0.15, -0.1) is 0 Å². The van der Waals surface area contributed by atoms with Crippen molar-refractivity contribution in [3.8, 4) is 11.5 Å². The summed E-state index contributed by atoms with van der Waals surface area (Å²) in [5.41, 5.74) is 0. The SMILES string of the molecule is O=S([O-])c1ccc(O[B]Oc2ccc(S(=O)[O-])cc2)cc1. The lowest BCUT2D eigenvalue weighted by Gasteiger charge is -2.09. The summed E-state index contributed by atoms with van der Waals surface area (Å²) < 4.78 is 53.0. The standard InChI is InChI=1S/C12H10BO6S2/c14-20(15)11-5-1-9(2-6-11)18-13-19-10-3-7-12(8-4-10)21(16)17/h1-8H,(H,14,15)(H,16,17)/p-2. The summed E-state index contributed by atoms with van der Waals surface area (Å²) >= 11 is -4.55. The molecule has 2 unspecified atom stereocenters. The fourth-order valence-electron chi connectivity index (χ4n) is 1.39. The first-order valence-corrected chi connectivity index (χ1v) is 7.75. The second-order valence-electron chi connectivity index (χ2n) is 3.74. The second kappa shape index (κ2) is 7.37. The van der Waals surface area contributed by atoms with Crippen molar-refractivity contribution in [2.45, 2.75) is 9.79 Å². The Morgan fingerprint density at radius 1 is 0.714 bits per heavy atom.